The van der Waals surface area contributed by atoms with Gasteiger partial charge in [0.15, 0.2) is 5.82 Å². The van der Waals surface area contributed by atoms with Gasteiger partial charge >= 0.3 is 0 Å². The summed E-state index contributed by atoms with van der Waals surface area (Å²) < 4.78 is 1.83. The molecule has 1 N–H and O–H groups in total. The van der Waals surface area contributed by atoms with Crippen molar-refractivity contribution in [3.8, 4) is 11.5 Å². The summed E-state index contributed by atoms with van der Waals surface area (Å²) in [6.45, 7) is 2.07. The summed E-state index contributed by atoms with van der Waals surface area (Å²) >= 11 is 7.81. The zero-order chi connectivity index (χ0) is 17.8. The molecule has 0 aliphatic rings. The van der Waals surface area contributed by atoms with Crippen LogP contribution < -0.4 is 5.32 Å². The highest BCUT2D eigenvalue weighted by atomic mass is 35.5. The van der Waals surface area contributed by atoms with Gasteiger partial charge in [-0.3, -0.25) is 4.79 Å². The Bertz CT molecular complexity index is 895. The Labute approximate surface area is 155 Å². The Morgan fingerprint density at radius 3 is 2.72 bits per heavy atom. The van der Waals surface area contributed by atoms with E-state index in [-0.39, 0.29) is 5.91 Å². The Balaban J connectivity index is 1.83. The maximum absolute atomic E-state index is 12.6. The zero-order valence-electron chi connectivity index (χ0n) is 13.9. The lowest BCUT2D eigenvalue weighted by Crippen LogP contribution is -2.11. The van der Waals surface area contributed by atoms with Crippen LogP contribution in [0.1, 0.15) is 17.3 Å². The minimum atomic E-state index is -0.201. The van der Waals surface area contributed by atoms with E-state index in [1.165, 1.54) is 0 Å². The molecule has 25 heavy (non-hydrogen) atoms. The fourth-order valence-electron chi connectivity index (χ4n) is 2.43. The van der Waals surface area contributed by atoms with Gasteiger partial charge in [0.2, 0.25) is 0 Å². The molecule has 3 aromatic rings. The van der Waals surface area contributed by atoms with Crippen molar-refractivity contribution in [3.05, 3.63) is 59.5 Å². The van der Waals surface area contributed by atoms with Crippen molar-refractivity contribution < 1.29 is 4.79 Å². The van der Waals surface area contributed by atoms with Crippen molar-refractivity contribution in [1.29, 1.82) is 0 Å². The normalized spacial score (nSPS) is 10.7. The fraction of sp³-hybridized carbons (Fsp3) is 0.167. The molecule has 0 saturated heterocycles. The van der Waals surface area contributed by atoms with E-state index in [1.54, 1.807) is 48.6 Å². The van der Waals surface area contributed by atoms with E-state index in [0.717, 1.165) is 16.3 Å². The first kappa shape index (κ1) is 17.5. The van der Waals surface area contributed by atoms with E-state index in [9.17, 15) is 4.79 Å². The molecule has 5 nitrogen and oxygen atoms in total. The third-order valence-electron chi connectivity index (χ3n) is 3.50. The van der Waals surface area contributed by atoms with E-state index in [4.69, 9.17) is 11.6 Å². The number of amides is 1. The number of aryl methyl sites for hydroxylation is 1. The largest absolute Gasteiger partial charge is 0.347 e. The molecule has 0 spiro atoms. The summed E-state index contributed by atoms with van der Waals surface area (Å²) in [6, 6.07) is 9.08. The molecule has 2 heterocycles. The van der Waals surface area contributed by atoms with Crippen molar-refractivity contribution in [1.82, 2.24) is 14.5 Å². The number of rotatable bonds is 5. The van der Waals surface area contributed by atoms with E-state index < -0.39 is 0 Å². The van der Waals surface area contributed by atoms with Gasteiger partial charge < -0.3 is 9.88 Å². The summed E-state index contributed by atoms with van der Waals surface area (Å²) in [7, 11) is 1.86. The molecule has 0 radical (unpaired) electrons. The highest BCUT2D eigenvalue weighted by Crippen LogP contribution is 2.27. The predicted molar refractivity (Wildman–Crippen MR) is 102 cm³/mol. The number of aromatic nitrogens is 3. The lowest BCUT2D eigenvalue weighted by atomic mass is 10.2. The lowest BCUT2D eigenvalue weighted by Gasteiger charge is -2.07. The van der Waals surface area contributed by atoms with E-state index in [0.29, 0.717) is 22.1 Å². The van der Waals surface area contributed by atoms with Crippen LogP contribution in [0.2, 0.25) is 5.02 Å². The highest BCUT2D eigenvalue weighted by molar-refractivity contribution is 7.99. The maximum atomic E-state index is 12.6. The average molecular weight is 373 g/mol. The van der Waals surface area contributed by atoms with Crippen LogP contribution in [0.3, 0.4) is 0 Å². The average Bonchev–Trinajstić information content (AvgIpc) is 2.97. The van der Waals surface area contributed by atoms with Gasteiger partial charge in [0, 0.05) is 41.2 Å². The van der Waals surface area contributed by atoms with E-state index in [1.807, 2.05) is 23.7 Å². The van der Waals surface area contributed by atoms with Gasteiger partial charge in [-0.2, -0.15) is 0 Å². The molecule has 0 saturated carbocycles. The number of benzene rings is 1. The highest BCUT2D eigenvalue weighted by Gasteiger charge is 2.14. The number of hydrogen-bond donors (Lipinski definition) is 1. The van der Waals surface area contributed by atoms with Crippen LogP contribution in [0.25, 0.3) is 11.5 Å². The molecule has 3 rings (SSSR count). The minimum absolute atomic E-state index is 0.201. The number of halogens is 1. The lowest BCUT2D eigenvalue weighted by molar-refractivity contribution is 0.102. The van der Waals surface area contributed by atoms with Gasteiger partial charge in [0.05, 0.1) is 11.3 Å². The van der Waals surface area contributed by atoms with Gasteiger partial charge in [0.25, 0.3) is 5.91 Å². The minimum Gasteiger partial charge on any atom is -0.347 e. The fourth-order valence-corrected chi connectivity index (χ4v) is 3.48. The molecule has 0 unspecified atom stereocenters. The first-order chi connectivity index (χ1) is 12.1. The molecule has 0 aliphatic heterocycles. The molecule has 7 heteroatoms. The molecule has 1 amide bonds. The number of nitrogens with zero attached hydrogens (tertiary/aromatic N) is 3. The molecule has 2 aromatic heterocycles. The summed E-state index contributed by atoms with van der Waals surface area (Å²) in [5.41, 5.74) is 1.99. The number of carbonyl (C=O) groups excluding carboxylic acids is 1. The van der Waals surface area contributed by atoms with Crippen LogP contribution in [0.5, 0.6) is 0 Å². The van der Waals surface area contributed by atoms with Crippen molar-refractivity contribution in [2.45, 2.75) is 11.8 Å². The third-order valence-corrected chi connectivity index (χ3v) is 4.58. The number of hydrogen-bond acceptors (Lipinski definition) is 4. The van der Waals surface area contributed by atoms with Crippen LogP contribution in [0.15, 0.2) is 53.8 Å². The topological polar surface area (TPSA) is 59.8 Å². The molecule has 0 bridgehead atoms. The first-order valence-electron chi connectivity index (χ1n) is 7.75. The molecule has 1 aromatic carbocycles. The van der Waals surface area contributed by atoms with E-state index >= 15 is 0 Å². The Hall–Kier alpha value is -2.31. The molecule has 0 aliphatic carbocycles. The first-order valence-corrected chi connectivity index (χ1v) is 9.11. The van der Waals surface area contributed by atoms with Crippen molar-refractivity contribution in [3.63, 3.8) is 0 Å². The Morgan fingerprint density at radius 2 is 2.00 bits per heavy atom. The molecular weight excluding hydrogens is 356 g/mol. The van der Waals surface area contributed by atoms with Crippen LogP contribution in [-0.4, -0.2) is 26.2 Å². The van der Waals surface area contributed by atoms with E-state index in [2.05, 4.69) is 22.2 Å². The maximum Gasteiger partial charge on any atom is 0.257 e. The van der Waals surface area contributed by atoms with Gasteiger partial charge in [-0.25, -0.2) is 9.97 Å². The molecule has 0 fully saturated rings. The molecule has 0 atom stereocenters. The molecular formula is C18H17ClN4OS. The second-order valence-electron chi connectivity index (χ2n) is 5.36. The monoisotopic (exact) mass is 372 g/mol. The SMILES string of the molecule is CCSc1cc(Cl)cc(NC(=O)c2cc(-c3ncccn3)n(C)c2)c1. The predicted octanol–water partition coefficient (Wildman–Crippen LogP) is 4.50. The smallest absolute Gasteiger partial charge is 0.257 e. The van der Waals surface area contributed by atoms with Gasteiger partial charge in [-0.05, 0) is 36.1 Å². The second kappa shape index (κ2) is 7.72. The summed E-state index contributed by atoms with van der Waals surface area (Å²) in [6.07, 6.45) is 5.11. The third kappa shape index (κ3) is 4.21. The summed E-state index contributed by atoms with van der Waals surface area (Å²) in [5.74, 6) is 1.31. The van der Waals surface area contributed by atoms with Crippen LogP contribution in [0.4, 0.5) is 5.69 Å². The van der Waals surface area contributed by atoms with Crippen LogP contribution >= 0.6 is 23.4 Å². The number of carbonyl (C=O) groups is 1. The van der Waals surface area contributed by atoms with Crippen molar-refractivity contribution in [2.75, 3.05) is 11.1 Å². The number of anilines is 1. The Morgan fingerprint density at radius 1 is 1.24 bits per heavy atom. The van der Waals surface area contributed by atoms with Crippen molar-refractivity contribution >= 4 is 35.0 Å². The van der Waals surface area contributed by atoms with Gasteiger partial charge in [0.1, 0.15) is 0 Å². The van der Waals surface area contributed by atoms with Gasteiger partial charge in [-0.15, -0.1) is 11.8 Å². The second-order valence-corrected chi connectivity index (χ2v) is 7.13. The molecule has 128 valence electrons. The van der Waals surface area contributed by atoms with Crippen LogP contribution in [0, 0.1) is 0 Å². The van der Waals surface area contributed by atoms with Gasteiger partial charge in [-0.1, -0.05) is 18.5 Å². The van der Waals surface area contributed by atoms with Crippen LogP contribution in [-0.2, 0) is 7.05 Å². The number of thioether (sulfide) groups is 1. The summed E-state index contributed by atoms with van der Waals surface area (Å²) in [5, 5.41) is 3.50. The summed E-state index contributed by atoms with van der Waals surface area (Å²) in [4.78, 5) is 22.1. The quantitative estimate of drug-likeness (QED) is 0.670. The van der Waals surface area contributed by atoms with Crippen molar-refractivity contribution in [2.24, 2.45) is 7.05 Å². The Kier molecular flexibility index (Phi) is 5.40. The standard InChI is InChI=1S/C18H17ClN4OS/c1-3-25-15-9-13(19)8-14(10-15)22-18(24)12-7-16(23(2)11-12)17-20-5-4-6-21-17/h4-11H,3H2,1-2H3,(H,22,24). The number of nitrogens with one attached hydrogen (secondary N) is 1. The zero-order valence-corrected chi connectivity index (χ0v) is 15.4.